The molecule has 1 aromatic heterocycles. The maximum absolute atomic E-state index is 12.5. The summed E-state index contributed by atoms with van der Waals surface area (Å²) in [6.07, 6.45) is 1.53. The van der Waals surface area contributed by atoms with Crippen molar-refractivity contribution in [1.29, 1.82) is 0 Å². The summed E-state index contributed by atoms with van der Waals surface area (Å²) in [5.41, 5.74) is 2.07. The molecule has 0 saturated carbocycles. The van der Waals surface area contributed by atoms with E-state index in [0.29, 0.717) is 19.6 Å². The molecule has 2 saturated heterocycles. The number of benzene rings is 1. The van der Waals surface area contributed by atoms with Gasteiger partial charge in [0.15, 0.2) is 0 Å². The summed E-state index contributed by atoms with van der Waals surface area (Å²) in [5, 5.41) is 2.93. The van der Waals surface area contributed by atoms with Crippen LogP contribution in [0.2, 0.25) is 0 Å². The molecular formula is C20H26N6O3. The lowest BCUT2D eigenvalue weighted by molar-refractivity contribution is -0.157. The third-order valence-electron chi connectivity index (χ3n) is 5.75. The van der Waals surface area contributed by atoms with E-state index in [1.807, 2.05) is 31.3 Å². The van der Waals surface area contributed by atoms with Crippen LogP contribution < -0.4 is 5.32 Å². The molecule has 1 aromatic carbocycles. The van der Waals surface area contributed by atoms with Gasteiger partial charge in [0, 0.05) is 40.2 Å². The average molecular weight is 398 g/mol. The van der Waals surface area contributed by atoms with E-state index in [2.05, 4.69) is 14.9 Å². The van der Waals surface area contributed by atoms with Crippen molar-refractivity contribution >= 4 is 28.9 Å². The second-order valence-electron chi connectivity index (χ2n) is 7.65. The van der Waals surface area contributed by atoms with Gasteiger partial charge in [-0.2, -0.15) is 0 Å². The Morgan fingerprint density at radius 2 is 2.00 bits per heavy atom. The number of carbonyl (C=O) groups excluding carboxylic acids is 3. The van der Waals surface area contributed by atoms with Gasteiger partial charge in [-0.25, -0.2) is 9.78 Å². The Hall–Kier alpha value is -3.10. The number of hydrogen-bond donors (Lipinski definition) is 1. The van der Waals surface area contributed by atoms with Crippen LogP contribution in [0.1, 0.15) is 12.2 Å². The van der Waals surface area contributed by atoms with Crippen molar-refractivity contribution in [2.75, 3.05) is 39.8 Å². The molecule has 1 N–H and O–H groups in total. The highest BCUT2D eigenvalue weighted by atomic mass is 16.2. The van der Waals surface area contributed by atoms with Crippen LogP contribution >= 0.6 is 0 Å². The summed E-state index contributed by atoms with van der Waals surface area (Å²) in [5.74, 6) is 0.826. The number of amides is 4. The van der Waals surface area contributed by atoms with Gasteiger partial charge < -0.3 is 24.6 Å². The van der Waals surface area contributed by atoms with Gasteiger partial charge in [0.25, 0.3) is 0 Å². The number of nitrogens with zero attached hydrogens (tertiary/aromatic N) is 5. The number of urea groups is 1. The Kier molecular flexibility index (Phi) is 5.12. The molecule has 3 heterocycles. The van der Waals surface area contributed by atoms with E-state index < -0.39 is 6.04 Å². The molecule has 1 unspecified atom stereocenters. The Bertz CT molecular complexity index is 955. The maximum Gasteiger partial charge on any atom is 0.317 e. The lowest BCUT2D eigenvalue weighted by atomic mass is 10.1. The average Bonchev–Trinajstić information content (AvgIpc) is 3.05. The van der Waals surface area contributed by atoms with E-state index >= 15 is 0 Å². The summed E-state index contributed by atoms with van der Waals surface area (Å²) in [6.45, 7) is 1.72. The maximum atomic E-state index is 12.5. The van der Waals surface area contributed by atoms with Crippen LogP contribution in [0.25, 0.3) is 11.0 Å². The molecule has 9 nitrogen and oxygen atoms in total. The Morgan fingerprint density at radius 3 is 2.79 bits per heavy atom. The number of aryl methyl sites for hydroxylation is 2. The molecule has 4 rings (SSSR count). The fraction of sp³-hybridized carbons (Fsp3) is 0.500. The minimum Gasteiger partial charge on any atom is -0.338 e. The van der Waals surface area contributed by atoms with Crippen LogP contribution in [0.5, 0.6) is 0 Å². The molecule has 2 aliphatic rings. The second-order valence-corrected chi connectivity index (χ2v) is 7.65. The van der Waals surface area contributed by atoms with Crippen LogP contribution in [0.4, 0.5) is 4.79 Å². The third-order valence-corrected chi connectivity index (χ3v) is 5.75. The molecule has 0 spiro atoms. The number of para-hydroxylation sites is 2. The van der Waals surface area contributed by atoms with E-state index in [4.69, 9.17) is 0 Å². The van der Waals surface area contributed by atoms with E-state index in [0.717, 1.165) is 29.7 Å². The third kappa shape index (κ3) is 3.64. The number of fused-ring (bicyclic) bond motifs is 2. The van der Waals surface area contributed by atoms with Crippen LogP contribution in [-0.2, 0) is 23.1 Å². The number of likely N-dealkylation sites (N-methyl/N-ethyl adjacent to an activating group) is 1. The molecule has 4 amide bonds. The number of nitrogens with one attached hydrogen (secondary N) is 1. The predicted molar refractivity (Wildman–Crippen MR) is 107 cm³/mol. The smallest absolute Gasteiger partial charge is 0.317 e. The van der Waals surface area contributed by atoms with Crippen LogP contribution in [-0.4, -0.2) is 87.9 Å². The highest BCUT2D eigenvalue weighted by Crippen LogP contribution is 2.17. The fourth-order valence-corrected chi connectivity index (χ4v) is 4.08. The predicted octanol–water partition coefficient (Wildman–Crippen LogP) is 0.200. The first-order valence-corrected chi connectivity index (χ1v) is 9.93. The Balaban J connectivity index is 1.28. The molecule has 9 heteroatoms. The summed E-state index contributed by atoms with van der Waals surface area (Å²) in [4.78, 5) is 46.3. The topological polar surface area (TPSA) is 90.8 Å². The van der Waals surface area contributed by atoms with Gasteiger partial charge in [-0.05, 0) is 18.6 Å². The largest absolute Gasteiger partial charge is 0.338 e. The van der Waals surface area contributed by atoms with Gasteiger partial charge >= 0.3 is 6.03 Å². The van der Waals surface area contributed by atoms with E-state index in [1.165, 1.54) is 4.90 Å². The summed E-state index contributed by atoms with van der Waals surface area (Å²) >= 11 is 0. The van der Waals surface area contributed by atoms with Crippen molar-refractivity contribution in [3.8, 4) is 0 Å². The van der Waals surface area contributed by atoms with Crippen LogP contribution in [0.3, 0.4) is 0 Å². The number of hydrogen-bond acceptors (Lipinski definition) is 4. The highest BCUT2D eigenvalue weighted by Gasteiger charge is 2.42. The monoisotopic (exact) mass is 398 g/mol. The molecule has 0 bridgehead atoms. The summed E-state index contributed by atoms with van der Waals surface area (Å²) < 4.78 is 2.08. The van der Waals surface area contributed by atoms with E-state index in [9.17, 15) is 14.4 Å². The zero-order valence-corrected chi connectivity index (χ0v) is 16.8. The van der Waals surface area contributed by atoms with Gasteiger partial charge in [-0.3, -0.25) is 9.59 Å². The van der Waals surface area contributed by atoms with Crippen molar-refractivity contribution in [2.45, 2.75) is 18.9 Å². The minimum absolute atomic E-state index is 0.0559. The lowest BCUT2D eigenvalue weighted by Crippen LogP contribution is -2.67. The van der Waals surface area contributed by atoms with Gasteiger partial charge in [0.2, 0.25) is 11.8 Å². The first-order chi connectivity index (χ1) is 14.0. The van der Waals surface area contributed by atoms with E-state index in [-0.39, 0.29) is 30.9 Å². The first kappa shape index (κ1) is 19.2. The van der Waals surface area contributed by atoms with Crippen molar-refractivity contribution in [2.24, 2.45) is 7.05 Å². The van der Waals surface area contributed by atoms with Crippen LogP contribution in [0, 0.1) is 0 Å². The zero-order valence-electron chi connectivity index (χ0n) is 16.8. The molecule has 0 aliphatic carbocycles. The molecule has 0 radical (unpaired) electrons. The van der Waals surface area contributed by atoms with Crippen molar-refractivity contribution < 1.29 is 14.4 Å². The second kappa shape index (κ2) is 7.73. The van der Waals surface area contributed by atoms with Gasteiger partial charge in [-0.15, -0.1) is 0 Å². The number of imidazole rings is 1. The molecule has 2 fully saturated rings. The number of aromatic nitrogens is 2. The number of carbonyl (C=O) groups is 3. The quantitative estimate of drug-likeness (QED) is 0.745. The van der Waals surface area contributed by atoms with Gasteiger partial charge in [0.05, 0.1) is 24.1 Å². The molecule has 2 aliphatic heterocycles. The molecule has 2 aromatic rings. The standard InChI is InChI=1S/C20H26N6O3/c1-23-13-18(27)26-11-10-25(12-16(26)19(23)28)20(29)21-9-5-8-17-22-14-6-3-4-7-15(14)24(17)2/h3-4,6-7,16H,5,8-13H2,1-2H3,(H,21,29). The van der Waals surface area contributed by atoms with Crippen molar-refractivity contribution in [3.63, 3.8) is 0 Å². The normalized spacial score (nSPS) is 19.7. The SMILES string of the molecule is CN1CC(=O)N2CCN(C(=O)NCCCc3nc4ccccc4n3C)CC2C1=O. The summed E-state index contributed by atoms with van der Waals surface area (Å²) in [6, 6.07) is 7.25. The first-order valence-electron chi connectivity index (χ1n) is 9.93. The zero-order chi connectivity index (χ0) is 20.5. The Morgan fingerprint density at radius 1 is 1.21 bits per heavy atom. The lowest BCUT2D eigenvalue weighted by Gasteiger charge is -2.45. The van der Waals surface area contributed by atoms with E-state index in [1.54, 1.807) is 16.8 Å². The molecule has 29 heavy (non-hydrogen) atoms. The molecule has 154 valence electrons. The van der Waals surface area contributed by atoms with Crippen molar-refractivity contribution in [1.82, 2.24) is 29.6 Å². The fourth-order valence-electron chi connectivity index (χ4n) is 4.08. The molecule has 1 atom stereocenters. The number of rotatable bonds is 4. The number of piperazine rings is 2. The van der Waals surface area contributed by atoms with Gasteiger partial charge in [0.1, 0.15) is 11.9 Å². The van der Waals surface area contributed by atoms with Crippen molar-refractivity contribution in [3.05, 3.63) is 30.1 Å². The highest BCUT2D eigenvalue weighted by molar-refractivity contribution is 5.95. The molecular weight excluding hydrogens is 372 g/mol. The summed E-state index contributed by atoms with van der Waals surface area (Å²) in [7, 11) is 3.62. The Labute approximate surface area is 169 Å². The van der Waals surface area contributed by atoms with Crippen LogP contribution in [0.15, 0.2) is 24.3 Å². The van der Waals surface area contributed by atoms with Gasteiger partial charge in [-0.1, -0.05) is 12.1 Å². The minimum atomic E-state index is -0.569.